The van der Waals surface area contributed by atoms with E-state index in [9.17, 15) is 0 Å². The summed E-state index contributed by atoms with van der Waals surface area (Å²) in [7, 11) is 0. The van der Waals surface area contributed by atoms with Crippen molar-refractivity contribution in [2.45, 2.75) is 6.42 Å². The van der Waals surface area contributed by atoms with Crippen LogP contribution in [-0.2, 0) is 6.42 Å². The highest BCUT2D eigenvalue weighted by Crippen LogP contribution is 2.01. The van der Waals surface area contributed by atoms with Crippen LogP contribution in [0.3, 0.4) is 0 Å². The molecule has 2 aromatic heterocycles. The van der Waals surface area contributed by atoms with Gasteiger partial charge in [0.1, 0.15) is 5.82 Å². The van der Waals surface area contributed by atoms with E-state index >= 15 is 0 Å². The van der Waals surface area contributed by atoms with E-state index in [0.29, 0.717) is 12.2 Å². The molecule has 0 aliphatic heterocycles. The molecule has 66 valence electrons. The third-order valence-corrected chi connectivity index (χ3v) is 1.73. The molecule has 0 aliphatic carbocycles. The van der Waals surface area contributed by atoms with Crippen LogP contribution in [0.5, 0.6) is 0 Å². The second kappa shape index (κ2) is 3.49. The van der Waals surface area contributed by atoms with Crippen LogP contribution < -0.4 is 0 Å². The quantitative estimate of drug-likeness (QED) is 0.738. The number of aromatic nitrogens is 3. The van der Waals surface area contributed by atoms with E-state index in [1.807, 2.05) is 18.2 Å². The Kier molecular flexibility index (Phi) is 2.18. The Morgan fingerprint density at radius 1 is 1.46 bits per heavy atom. The Labute approximate surface area is 79.6 Å². The van der Waals surface area contributed by atoms with Gasteiger partial charge in [0.05, 0.1) is 6.42 Å². The Balaban J connectivity index is 2.20. The molecule has 0 saturated carbocycles. The van der Waals surface area contributed by atoms with Crippen molar-refractivity contribution < 1.29 is 4.52 Å². The molecule has 13 heavy (non-hydrogen) atoms. The van der Waals surface area contributed by atoms with Crippen molar-refractivity contribution in [1.29, 1.82) is 0 Å². The predicted molar refractivity (Wildman–Crippen MR) is 48.7 cm³/mol. The van der Waals surface area contributed by atoms with Crippen molar-refractivity contribution in [2.24, 2.45) is 0 Å². The van der Waals surface area contributed by atoms with Gasteiger partial charge in [0.25, 0.3) is 0 Å². The number of nitrogens with zero attached hydrogens (tertiary/aromatic N) is 2. The summed E-state index contributed by atoms with van der Waals surface area (Å²) in [6.07, 6.45) is 2.35. The lowest BCUT2D eigenvalue weighted by molar-refractivity contribution is 0.399. The van der Waals surface area contributed by atoms with Gasteiger partial charge >= 0.3 is 4.84 Å². The molecule has 0 bridgehead atoms. The van der Waals surface area contributed by atoms with E-state index in [0.717, 1.165) is 5.69 Å². The van der Waals surface area contributed by atoms with Crippen molar-refractivity contribution in [3.63, 3.8) is 0 Å². The van der Waals surface area contributed by atoms with Gasteiger partial charge in [0.15, 0.2) is 0 Å². The van der Waals surface area contributed by atoms with E-state index in [1.54, 1.807) is 6.20 Å². The molecule has 0 atom stereocenters. The largest absolute Gasteiger partial charge is 0.348 e. The summed E-state index contributed by atoms with van der Waals surface area (Å²) in [5.74, 6) is 0.698. The number of hydrogen-bond donors (Lipinski definition) is 1. The fourth-order valence-electron chi connectivity index (χ4n) is 1.01. The van der Waals surface area contributed by atoms with Crippen LogP contribution in [0.25, 0.3) is 0 Å². The second-order valence-corrected chi connectivity index (χ2v) is 2.88. The minimum Gasteiger partial charge on any atom is -0.348 e. The van der Waals surface area contributed by atoms with Crippen LogP contribution in [0, 0.1) is 4.84 Å². The average molecular weight is 193 g/mol. The molecule has 0 amide bonds. The summed E-state index contributed by atoms with van der Waals surface area (Å²) in [5, 5.41) is 2.62. The standard InChI is InChI=1S/C8H7N3OS/c13-8-10-7(11-12-8)5-6-3-1-2-4-9-6/h1-4H,5H2,(H,10,11,13). The highest BCUT2D eigenvalue weighted by atomic mass is 32.1. The Morgan fingerprint density at radius 2 is 2.38 bits per heavy atom. The Morgan fingerprint density at radius 3 is 3.00 bits per heavy atom. The van der Waals surface area contributed by atoms with Gasteiger partial charge in [-0.05, 0) is 24.4 Å². The summed E-state index contributed by atoms with van der Waals surface area (Å²) in [5.41, 5.74) is 0.932. The minimum atomic E-state index is 0.228. The number of nitrogens with one attached hydrogen (secondary N) is 1. The number of rotatable bonds is 2. The van der Waals surface area contributed by atoms with E-state index in [4.69, 9.17) is 16.7 Å². The third-order valence-electron chi connectivity index (χ3n) is 1.56. The van der Waals surface area contributed by atoms with Crippen molar-refractivity contribution >= 4 is 12.2 Å². The maximum absolute atomic E-state index is 4.79. The highest BCUT2D eigenvalue weighted by molar-refractivity contribution is 7.71. The van der Waals surface area contributed by atoms with Gasteiger partial charge < -0.3 is 4.52 Å². The van der Waals surface area contributed by atoms with Crippen LogP contribution in [-0.4, -0.2) is 15.1 Å². The maximum atomic E-state index is 4.79. The van der Waals surface area contributed by atoms with Crippen LogP contribution in [0.15, 0.2) is 28.9 Å². The summed E-state index contributed by atoms with van der Waals surface area (Å²) in [6.45, 7) is 0. The van der Waals surface area contributed by atoms with Gasteiger partial charge in [-0.25, -0.2) is 5.16 Å². The molecule has 4 nitrogen and oxygen atoms in total. The molecule has 5 heteroatoms. The second-order valence-electron chi connectivity index (χ2n) is 2.53. The first-order valence-corrected chi connectivity index (χ1v) is 4.20. The molecule has 2 rings (SSSR count). The minimum absolute atomic E-state index is 0.228. The molecule has 2 aromatic rings. The van der Waals surface area contributed by atoms with Gasteiger partial charge in [-0.1, -0.05) is 6.07 Å². The molecule has 1 N–H and O–H groups in total. The lowest BCUT2D eigenvalue weighted by atomic mass is 10.3. The SMILES string of the molecule is S=c1nc(Cc2ccccn2)[nH]o1. The number of pyridine rings is 1. The zero-order valence-electron chi connectivity index (χ0n) is 6.73. The van der Waals surface area contributed by atoms with Gasteiger partial charge in [-0.15, -0.1) is 0 Å². The number of aromatic amines is 1. The molecule has 0 spiro atoms. The molecule has 0 aliphatic rings. The fraction of sp³-hybridized carbons (Fsp3) is 0.125. The first-order chi connectivity index (χ1) is 6.34. The molecule has 0 fully saturated rings. The summed E-state index contributed by atoms with van der Waals surface area (Å²) >= 11 is 4.72. The summed E-state index contributed by atoms with van der Waals surface area (Å²) in [6, 6.07) is 5.72. The van der Waals surface area contributed by atoms with E-state index in [2.05, 4.69) is 15.1 Å². The predicted octanol–water partition coefficient (Wildman–Crippen LogP) is 1.72. The molecule has 0 aromatic carbocycles. The van der Waals surface area contributed by atoms with E-state index < -0.39 is 0 Å². The molecule has 2 heterocycles. The van der Waals surface area contributed by atoms with Crippen molar-refractivity contribution in [3.8, 4) is 0 Å². The monoisotopic (exact) mass is 193 g/mol. The number of H-pyrrole nitrogens is 1. The first kappa shape index (κ1) is 8.12. The van der Waals surface area contributed by atoms with Crippen LogP contribution in [0.4, 0.5) is 0 Å². The lowest BCUT2D eigenvalue weighted by Gasteiger charge is -1.93. The normalized spacial score (nSPS) is 10.2. The molecular weight excluding hydrogens is 186 g/mol. The molecule has 0 unspecified atom stereocenters. The Hall–Kier alpha value is -1.49. The lowest BCUT2D eigenvalue weighted by Crippen LogP contribution is -1.92. The van der Waals surface area contributed by atoms with Crippen LogP contribution in [0.2, 0.25) is 0 Å². The van der Waals surface area contributed by atoms with Gasteiger partial charge in [-0.3, -0.25) is 4.98 Å². The molecule has 0 saturated heterocycles. The van der Waals surface area contributed by atoms with Crippen molar-refractivity contribution in [3.05, 3.63) is 40.8 Å². The highest BCUT2D eigenvalue weighted by Gasteiger charge is 2.00. The summed E-state index contributed by atoms with van der Waals surface area (Å²) in [4.78, 5) is 8.33. The van der Waals surface area contributed by atoms with Crippen molar-refractivity contribution in [1.82, 2.24) is 15.1 Å². The fourth-order valence-corrected chi connectivity index (χ4v) is 1.16. The Bertz CT molecular complexity index is 434. The van der Waals surface area contributed by atoms with E-state index in [-0.39, 0.29) is 4.84 Å². The van der Waals surface area contributed by atoms with Gasteiger partial charge in [0.2, 0.25) is 0 Å². The van der Waals surface area contributed by atoms with E-state index in [1.165, 1.54) is 0 Å². The van der Waals surface area contributed by atoms with Crippen molar-refractivity contribution in [2.75, 3.05) is 0 Å². The first-order valence-electron chi connectivity index (χ1n) is 3.79. The smallest absolute Gasteiger partial charge is 0.314 e. The third kappa shape index (κ3) is 2.00. The molecule has 0 radical (unpaired) electrons. The molecular formula is C8H7N3OS. The van der Waals surface area contributed by atoms with Gasteiger partial charge in [0, 0.05) is 11.9 Å². The van der Waals surface area contributed by atoms with Crippen LogP contribution in [0.1, 0.15) is 11.5 Å². The average Bonchev–Trinajstić information content (AvgIpc) is 2.53. The zero-order chi connectivity index (χ0) is 9.10. The topological polar surface area (TPSA) is 54.7 Å². The van der Waals surface area contributed by atoms with Crippen LogP contribution >= 0.6 is 12.2 Å². The maximum Gasteiger partial charge on any atom is 0.314 e. The summed E-state index contributed by atoms with van der Waals surface area (Å²) < 4.78 is 4.79. The van der Waals surface area contributed by atoms with Gasteiger partial charge in [-0.2, -0.15) is 4.98 Å². The zero-order valence-corrected chi connectivity index (χ0v) is 7.54. The number of hydrogen-bond acceptors (Lipinski definition) is 4.